The minimum Gasteiger partial charge on any atom is -0.491 e. The first kappa shape index (κ1) is 36.9. The summed E-state index contributed by atoms with van der Waals surface area (Å²) < 4.78 is 17.4. The number of aliphatic hydroxyl groups is 2. The molecule has 0 spiro atoms. The molecule has 0 aliphatic carbocycles. The number of hydrogen-bond donors (Lipinski definition) is 2. The van der Waals surface area contributed by atoms with E-state index in [-0.39, 0.29) is 0 Å². The number of nitrogens with zero attached hydrogens (tertiary/aromatic N) is 2. The van der Waals surface area contributed by atoms with Crippen molar-refractivity contribution in [2.24, 2.45) is 9.98 Å². The van der Waals surface area contributed by atoms with Crippen molar-refractivity contribution in [3.8, 4) is 11.5 Å². The fourth-order valence-corrected chi connectivity index (χ4v) is 5.84. The van der Waals surface area contributed by atoms with Gasteiger partial charge in [0.15, 0.2) is 0 Å². The average Bonchev–Trinajstić information content (AvgIpc) is 3.23. The number of ether oxygens (including phenoxy) is 3. The zero-order valence-electron chi connectivity index (χ0n) is 29.5. The molecular formula is C46H44N2O5. The highest BCUT2D eigenvalue weighted by atomic mass is 16.5. The SMILES string of the molecule is O[C@@H](c1ccccc1)[C@H](N=Cc1ccc(OCCOCCOc2ccc(C=N[C@H](c3ccccc3)[C@@H](O)c3ccccc3)cc2)cc1)c1ccccc1. The molecule has 2 N–H and O–H groups in total. The van der Waals surface area contributed by atoms with Crippen LogP contribution >= 0.6 is 0 Å². The second-order valence-corrected chi connectivity index (χ2v) is 12.4. The molecule has 0 amide bonds. The molecule has 0 bridgehead atoms. The lowest BCUT2D eigenvalue weighted by molar-refractivity contribution is 0.0764. The van der Waals surface area contributed by atoms with E-state index < -0.39 is 24.3 Å². The van der Waals surface area contributed by atoms with Crippen LogP contribution in [0, 0.1) is 0 Å². The van der Waals surface area contributed by atoms with Gasteiger partial charge in [-0.2, -0.15) is 0 Å². The van der Waals surface area contributed by atoms with Gasteiger partial charge in [0.25, 0.3) is 0 Å². The minimum absolute atomic E-state index is 0.407. The first-order valence-electron chi connectivity index (χ1n) is 17.8. The van der Waals surface area contributed by atoms with E-state index >= 15 is 0 Å². The van der Waals surface area contributed by atoms with Crippen LogP contribution in [0.1, 0.15) is 57.7 Å². The Balaban J connectivity index is 0.917. The van der Waals surface area contributed by atoms with Crippen molar-refractivity contribution < 1.29 is 24.4 Å². The third kappa shape index (κ3) is 11.1. The van der Waals surface area contributed by atoms with Gasteiger partial charge in [-0.3, -0.25) is 9.98 Å². The van der Waals surface area contributed by atoms with Gasteiger partial charge in [0, 0.05) is 12.4 Å². The summed E-state index contributed by atoms with van der Waals surface area (Å²) in [7, 11) is 0. The van der Waals surface area contributed by atoms with E-state index in [9.17, 15) is 10.2 Å². The van der Waals surface area contributed by atoms with Gasteiger partial charge in [-0.15, -0.1) is 0 Å². The number of hydrogen-bond acceptors (Lipinski definition) is 7. The standard InChI is InChI=1S/C46H44N2O5/c49-45(39-17-9-3-10-18-39)43(37-13-5-1-6-14-37)47-33-35-21-25-41(26-22-35)52-31-29-51-30-32-53-42-27-23-36(24-28-42)34-48-44(38-15-7-2-8-16-38)46(50)40-19-11-4-12-20-40/h1-28,33-34,43-46,49-50H,29-32H2/t43-,44-,45+,46+/m1/s1. The number of rotatable bonds is 18. The monoisotopic (exact) mass is 704 g/mol. The van der Waals surface area contributed by atoms with Crippen molar-refractivity contribution in [1.82, 2.24) is 0 Å². The van der Waals surface area contributed by atoms with Crippen LogP contribution in [0.2, 0.25) is 0 Å². The fourth-order valence-electron chi connectivity index (χ4n) is 5.84. The van der Waals surface area contributed by atoms with Crippen molar-refractivity contribution in [2.75, 3.05) is 26.4 Å². The van der Waals surface area contributed by atoms with Crippen LogP contribution in [-0.2, 0) is 4.74 Å². The van der Waals surface area contributed by atoms with Crippen LogP contribution in [-0.4, -0.2) is 49.1 Å². The quantitative estimate of drug-likeness (QED) is 0.0689. The van der Waals surface area contributed by atoms with Crippen LogP contribution in [0.5, 0.6) is 11.5 Å². The Morgan fingerprint density at radius 3 is 1.06 bits per heavy atom. The Morgan fingerprint density at radius 1 is 0.396 bits per heavy atom. The molecule has 53 heavy (non-hydrogen) atoms. The maximum absolute atomic E-state index is 11.1. The highest BCUT2D eigenvalue weighted by molar-refractivity contribution is 5.80. The van der Waals surface area contributed by atoms with Crippen molar-refractivity contribution >= 4 is 12.4 Å². The first-order valence-corrected chi connectivity index (χ1v) is 17.8. The van der Waals surface area contributed by atoms with Gasteiger partial charge in [0.05, 0.1) is 13.2 Å². The van der Waals surface area contributed by atoms with Gasteiger partial charge >= 0.3 is 0 Å². The number of benzene rings is 6. The molecule has 0 unspecified atom stereocenters. The molecule has 0 aromatic heterocycles. The normalized spacial score (nSPS) is 13.8. The van der Waals surface area contributed by atoms with Gasteiger partial charge in [-0.1, -0.05) is 121 Å². The Hall–Kier alpha value is -5.86. The molecule has 4 atom stereocenters. The van der Waals surface area contributed by atoms with Gasteiger partial charge in [0.2, 0.25) is 0 Å². The lowest BCUT2D eigenvalue weighted by Gasteiger charge is -2.20. The summed E-state index contributed by atoms with van der Waals surface area (Å²) in [5, 5.41) is 22.3. The molecular weight excluding hydrogens is 661 g/mol. The molecule has 6 aromatic carbocycles. The van der Waals surface area contributed by atoms with Crippen LogP contribution in [0.3, 0.4) is 0 Å². The van der Waals surface area contributed by atoms with Crippen molar-refractivity contribution in [3.63, 3.8) is 0 Å². The van der Waals surface area contributed by atoms with Crippen LogP contribution in [0.15, 0.2) is 180 Å². The maximum Gasteiger partial charge on any atom is 0.119 e. The van der Waals surface area contributed by atoms with E-state index in [0.29, 0.717) is 26.4 Å². The van der Waals surface area contributed by atoms with Crippen LogP contribution < -0.4 is 9.47 Å². The molecule has 6 rings (SSSR count). The van der Waals surface area contributed by atoms with Crippen LogP contribution in [0.4, 0.5) is 0 Å². The van der Waals surface area contributed by atoms with Crippen molar-refractivity contribution in [2.45, 2.75) is 24.3 Å². The molecule has 0 aliphatic rings. The molecule has 0 radical (unpaired) electrons. The zero-order valence-corrected chi connectivity index (χ0v) is 29.5. The Kier molecular flexibility index (Phi) is 13.7. The molecule has 0 saturated carbocycles. The molecule has 0 heterocycles. The van der Waals surface area contributed by atoms with E-state index in [1.54, 1.807) is 12.4 Å². The van der Waals surface area contributed by atoms with Gasteiger partial charge < -0.3 is 24.4 Å². The summed E-state index contributed by atoms with van der Waals surface area (Å²) in [4.78, 5) is 9.56. The highest BCUT2D eigenvalue weighted by Gasteiger charge is 2.22. The molecule has 0 fully saturated rings. The molecule has 7 nitrogen and oxygen atoms in total. The zero-order chi connectivity index (χ0) is 36.5. The van der Waals surface area contributed by atoms with E-state index in [4.69, 9.17) is 24.2 Å². The Morgan fingerprint density at radius 2 is 0.717 bits per heavy atom. The second-order valence-electron chi connectivity index (χ2n) is 12.4. The van der Waals surface area contributed by atoms with E-state index in [1.165, 1.54) is 0 Å². The number of aliphatic hydroxyl groups excluding tert-OH is 2. The van der Waals surface area contributed by atoms with Crippen molar-refractivity contribution in [3.05, 3.63) is 203 Å². The van der Waals surface area contributed by atoms with E-state index in [0.717, 1.165) is 44.9 Å². The third-order valence-electron chi connectivity index (χ3n) is 8.68. The third-order valence-corrected chi connectivity index (χ3v) is 8.68. The average molecular weight is 705 g/mol. The van der Waals surface area contributed by atoms with Gasteiger partial charge in [-0.25, -0.2) is 0 Å². The van der Waals surface area contributed by atoms with Gasteiger partial charge in [-0.05, 0) is 81.9 Å². The van der Waals surface area contributed by atoms with Crippen LogP contribution in [0.25, 0.3) is 0 Å². The Bertz CT molecular complexity index is 1830. The summed E-state index contributed by atoms with van der Waals surface area (Å²) in [6.45, 7) is 1.67. The maximum atomic E-state index is 11.1. The summed E-state index contributed by atoms with van der Waals surface area (Å²) in [5.74, 6) is 1.47. The largest absolute Gasteiger partial charge is 0.491 e. The minimum atomic E-state index is -0.769. The molecule has 0 saturated heterocycles. The lowest BCUT2D eigenvalue weighted by atomic mass is 9.96. The fraction of sp³-hybridized carbons (Fsp3) is 0.174. The smallest absolute Gasteiger partial charge is 0.119 e. The predicted molar refractivity (Wildman–Crippen MR) is 211 cm³/mol. The lowest BCUT2D eigenvalue weighted by Crippen LogP contribution is -2.12. The molecule has 268 valence electrons. The topological polar surface area (TPSA) is 92.9 Å². The summed E-state index contributed by atoms with van der Waals surface area (Å²) in [6.07, 6.45) is 2.04. The van der Waals surface area contributed by atoms with E-state index in [1.807, 2.05) is 170 Å². The molecule has 0 aliphatic heterocycles. The van der Waals surface area contributed by atoms with Gasteiger partial charge in [0.1, 0.15) is 49.0 Å². The number of aliphatic imine (C=N–C) groups is 2. The molecule has 7 heteroatoms. The summed E-state index contributed by atoms with van der Waals surface area (Å²) >= 11 is 0. The highest BCUT2D eigenvalue weighted by Crippen LogP contribution is 2.33. The second kappa shape index (κ2) is 19.7. The first-order chi connectivity index (χ1) is 26.1. The van der Waals surface area contributed by atoms with E-state index in [2.05, 4.69) is 0 Å². The summed E-state index contributed by atoms with van der Waals surface area (Å²) in [5.41, 5.74) is 5.34. The molecule has 6 aromatic rings. The Labute approximate surface area is 311 Å². The summed E-state index contributed by atoms with van der Waals surface area (Å²) in [6, 6.07) is 53.4. The predicted octanol–water partition coefficient (Wildman–Crippen LogP) is 8.95. The van der Waals surface area contributed by atoms with Crippen molar-refractivity contribution in [1.29, 1.82) is 0 Å².